The van der Waals surface area contributed by atoms with E-state index in [4.69, 9.17) is 0 Å². The number of hydrogen-bond acceptors (Lipinski definition) is 0. The van der Waals surface area contributed by atoms with Crippen LogP contribution in [0.5, 0.6) is 0 Å². The third kappa shape index (κ3) is 168. The molecule has 0 aromatic carbocycles. The summed E-state index contributed by atoms with van der Waals surface area (Å²) in [6, 6.07) is 0. The van der Waals surface area contributed by atoms with Gasteiger partial charge in [-0.05, 0) is 0 Å². The summed E-state index contributed by atoms with van der Waals surface area (Å²) in [5.74, 6) is 0. The van der Waals surface area contributed by atoms with E-state index in [1.807, 2.05) is 0 Å². The van der Waals surface area contributed by atoms with Crippen molar-refractivity contribution in [2.24, 2.45) is 0 Å². The van der Waals surface area contributed by atoms with Crippen LogP contribution in [0.25, 0.3) is 0 Å². The van der Waals surface area contributed by atoms with E-state index in [0.717, 1.165) is 0 Å². The molecule has 0 saturated heterocycles. The van der Waals surface area contributed by atoms with Crippen molar-refractivity contribution in [3.8, 4) is 0 Å². The van der Waals surface area contributed by atoms with E-state index in [1.165, 1.54) is 6.42 Å². The minimum absolute atomic E-state index is 1.25. The molecule has 0 aromatic heterocycles. The van der Waals surface area contributed by atoms with Gasteiger partial charge in [0.15, 0.2) is 0 Å². The highest BCUT2D eigenvalue weighted by molar-refractivity contribution is 4.22. The summed E-state index contributed by atoms with van der Waals surface area (Å²) in [5.41, 5.74) is 0. The Kier molecular flexibility index (Phi) is 90.6. The van der Waals surface area contributed by atoms with Crippen LogP contribution < -0.4 is 0 Å². The summed E-state index contributed by atoms with van der Waals surface area (Å²) in [4.78, 5) is 0. The highest BCUT2D eigenvalue weighted by atomic mass is 13.4. The Morgan fingerprint density at radius 2 is 1.20 bits per heavy atom. The Morgan fingerprint density at radius 3 is 1.20 bits per heavy atom. The average Bonchev–Trinajstić information content (AvgIpc) is 1.46. The van der Waals surface area contributed by atoms with Crippen LogP contribution in [-0.4, -0.2) is 0 Å². The first-order chi connectivity index (χ1) is 2.41. The van der Waals surface area contributed by atoms with Crippen molar-refractivity contribution in [2.45, 2.75) is 20.3 Å². The van der Waals surface area contributed by atoms with Gasteiger partial charge >= 0.3 is 0 Å². The first kappa shape index (κ1) is 8.83. The predicted octanol–water partition coefficient (Wildman–Crippen LogP) is 2.22. The lowest BCUT2D eigenvalue weighted by molar-refractivity contribution is 1.09. The summed E-state index contributed by atoms with van der Waals surface area (Å²) in [5, 5.41) is 0. The molecule has 0 aliphatic heterocycles. The second kappa shape index (κ2) is 51.3. The number of rotatable bonds is 0. The first-order valence-electron chi connectivity index (χ1n) is 1.91. The molecule has 0 amide bonds. The molecule has 0 nitrogen and oxygen atoms in total. The van der Waals surface area contributed by atoms with Gasteiger partial charge in [-0.2, -0.15) is 0 Å². The van der Waals surface area contributed by atoms with Crippen LogP contribution in [0.4, 0.5) is 0 Å². The van der Waals surface area contributed by atoms with Crippen molar-refractivity contribution >= 4 is 0 Å². The van der Waals surface area contributed by atoms with Crippen molar-refractivity contribution in [3.63, 3.8) is 0 Å². The molecule has 0 bridgehead atoms. The monoisotopic (exact) mass is 72.1 g/mol. The molecule has 0 spiro atoms. The molecule has 0 aliphatic carbocycles. The maximum absolute atomic E-state index is 3.00. The smallest absolute Gasteiger partial charge is 0.0590 e. The molecule has 0 N–H and O–H groups in total. The zero-order valence-electron chi connectivity index (χ0n) is 4.12. The minimum Gasteiger partial charge on any atom is -0.106 e. The standard InChI is InChI=1S/C3H8.C2H4/c1-3-2;1-2/h3H2,1-2H3;1-2H2. The van der Waals surface area contributed by atoms with Crippen molar-refractivity contribution in [1.29, 1.82) is 0 Å². The second-order valence-corrected chi connectivity index (χ2v) is 0.707. The summed E-state index contributed by atoms with van der Waals surface area (Å²) < 4.78 is 0. The molecule has 0 aliphatic rings. The highest BCUT2D eigenvalue weighted by Gasteiger charge is 1.35. The van der Waals surface area contributed by atoms with E-state index in [0.29, 0.717) is 0 Å². The lowest BCUT2D eigenvalue weighted by Crippen LogP contribution is -1.27. The van der Waals surface area contributed by atoms with Gasteiger partial charge in [-0.25, -0.2) is 0 Å². The van der Waals surface area contributed by atoms with Gasteiger partial charge in [0.1, 0.15) is 0 Å². The minimum atomic E-state index is 1.25. The van der Waals surface area contributed by atoms with Crippen molar-refractivity contribution in [1.82, 2.24) is 0 Å². The van der Waals surface area contributed by atoms with Crippen LogP contribution in [0, 0.1) is 0 Å². The van der Waals surface area contributed by atoms with Crippen molar-refractivity contribution in [3.05, 3.63) is 13.2 Å². The van der Waals surface area contributed by atoms with Gasteiger partial charge in [-0.1, -0.05) is 20.3 Å². The SMILES string of the molecule is C=C.CCC. The van der Waals surface area contributed by atoms with Gasteiger partial charge in [0.05, 0.1) is 0 Å². The summed E-state index contributed by atoms with van der Waals surface area (Å²) >= 11 is 0. The molecular weight excluding hydrogens is 60.1 g/mol. The summed E-state index contributed by atoms with van der Waals surface area (Å²) in [6.07, 6.45) is 1.25. The third-order valence-electron chi connectivity index (χ3n) is 0. The quantitative estimate of drug-likeness (QED) is 0.385. The van der Waals surface area contributed by atoms with E-state index >= 15 is 0 Å². The van der Waals surface area contributed by atoms with Gasteiger partial charge in [0.2, 0.25) is 0 Å². The normalized spacial score (nSPS) is 4.40. The van der Waals surface area contributed by atoms with Crippen LogP contribution in [0.15, 0.2) is 13.2 Å². The largest absolute Gasteiger partial charge is 0.106 e. The maximum Gasteiger partial charge on any atom is -0.0590 e. The van der Waals surface area contributed by atoms with E-state index in [2.05, 4.69) is 27.0 Å². The average molecular weight is 72.2 g/mol. The molecule has 0 unspecified atom stereocenters. The Hall–Kier alpha value is -0.260. The van der Waals surface area contributed by atoms with Crippen LogP contribution >= 0.6 is 0 Å². The lowest BCUT2D eigenvalue weighted by atomic mass is 10.6. The molecule has 32 valence electrons. The van der Waals surface area contributed by atoms with Crippen molar-refractivity contribution < 1.29 is 0 Å². The second-order valence-electron chi connectivity index (χ2n) is 0.707. The summed E-state index contributed by atoms with van der Waals surface area (Å²) in [7, 11) is 0. The van der Waals surface area contributed by atoms with Gasteiger partial charge in [-0.15, -0.1) is 13.2 Å². The zero-order valence-corrected chi connectivity index (χ0v) is 4.12. The molecule has 5 heavy (non-hydrogen) atoms. The Bertz CT molecular complexity index is 4.00. The Balaban J connectivity index is 0. The number of hydrogen-bond donors (Lipinski definition) is 0. The van der Waals surface area contributed by atoms with Crippen LogP contribution in [0.2, 0.25) is 0 Å². The fourth-order valence-electron chi connectivity index (χ4n) is 0. The molecule has 0 heteroatoms. The van der Waals surface area contributed by atoms with Crippen LogP contribution in [-0.2, 0) is 0 Å². The molecule has 0 atom stereocenters. The fraction of sp³-hybridized carbons (Fsp3) is 0.600. The first-order valence-corrected chi connectivity index (χ1v) is 1.91. The van der Waals surface area contributed by atoms with Crippen LogP contribution in [0.3, 0.4) is 0 Å². The van der Waals surface area contributed by atoms with E-state index in [-0.39, 0.29) is 0 Å². The predicted molar refractivity (Wildman–Crippen MR) is 27.2 cm³/mol. The fourth-order valence-corrected chi connectivity index (χ4v) is 0. The molecule has 0 rings (SSSR count). The molecule has 0 fully saturated rings. The Morgan fingerprint density at radius 1 is 1.20 bits per heavy atom. The van der Waals surface area contributed by atoms with Gasteiger partial charge in [0.25, 0.3) is 0 Å². The molecule has 0 aromatic rings. The van der Waals surface area contributed by atoms with E-state index < -0.39 is 0 Å². The van der Waals surface area contributed by atoms with E-state index in [1.54, 1.807) is 0 Å². The molecular formula is C5H12. The van der Waals surface area contributed by atoms with Gasteiger partial charge in [-0.3, -0.25) is 0 Å². The topological polar surface area (TPSA) is 0 Å². The van der Waals surface area contributed by atoms with E-state index in [9.17, 15) is 0 Å². The highest BCUT2D eigenvalue weighted by Crippen LogP contribution is 1.56. The third-order valence-corrected chi connectivity index (χ3v) is 0. The molecule has 0 saturated carbocycles. The maximum atomic E-state index is 3.00. The zero-order chi connectivity index (χ0) is 4.71. The molecule has 0 radical (unpaired) electrons. The van der Waals surface area contributed by atoms with Gasteiger partial charge in [0, 0.05) is 0 Å². The van der Waals surface area contributed by atoms with Crippen molar-refractivity contribution in [2.75, 3.05) is 0 Å². The van der Waals surface area contributed by atoms with Gasteiger partial charge < -0.3 is 0 Å². The molecule has 0 heterocycles. The lowest BCUT2D eigenvalue weighted by Gasteiger charge is -1.48. The summed E-state index contributed by atoms with van der Waals surface area (Å²) in [6.45, 7) is 10.2. The Labute approximate surface area is 34.5 Å². The van der Waals surface area contributed by atoms with Crippen LogP contribution in [0.1, 0.15) is 20.3 Å².